The SMILES string of the molecule is Cc1ccc(-c2nnc(NC(=O)c3ccc(S(=O)(=O)N4CCCCC4C)cc3)o2)cc1. The smallest absolute Gasteiger partial charge is 0.322 e. The Bertz CT molecular complexity index is 1170. The molecule has 8 nitrogen and oxygen atoms in total. The van der Waals surface area contributed by atoms with Gasteiger partial charge in [0.25, 0.3) is 5.91 Å². The number of aromatic nitrogens is 2. The van der Waals surface area contributed by atoms with Gasteiger partial charge in [-0.25, -0.2) is 8.42 Å². The minimum atomic E-state index is -3.58. The molecule has 1 atom stereocenters. The molecule has 9 heteroatoms. The van der Waals surface area contributed by atoms with E-state index in [0.29, 0.717) is 18.0 Å². The number of anilines is 1. The summed E-state index contributed by atoms with van der Waals surface area (Å²) in [7, 11) is -3.58. The van der Waals surface area contributed by atoms with Crippen LogP contribution in [-0.4, -0.2) is 41.4 Å². The van der Waals surface area contributed by atoms with Crippen LogP contribution in [0.4, 0.5) is 6.01 Å². The van der Waals surface area contributed by atoms with Gasteiger partial charge < -0.3 is 4.42 Å². The van der Waals surface area contributed by atoms with Gasteiger partial charge in [-0.2, -0.15) is 4.31 Å². The van der Waals surface area contributed by atoms with Crippen molar-refractivity contribution in [1.82, 2.24) is 14.5 Å². The van der Waals surface area contributed by atoms with Gasteiger partial charge in [-0.3, -0.25) is 10.1 Å². The Kier molecular flexibility index (Phi) is 5.88. The molecule has 0 saturated carbocycles. The summed E-state index contributed by atoms with van der Waals surface area (Å²) >= 11 is 0. The van der Waals surface area contributed by atoms with Gasteiger partial charge in [-0.15, -0.1) is 5.10 Å². The third-order valence-corrected chi connectivity index (χ3v) is 7.44. The molecular formula is C22H24N4O4S. The van der Waals surface area contributed by atoms with Crippen LogP contribution in [0.25, 0.3) is 11.5 Å². The molecule has 0 radical (unpaired) electrons. The predicted molar refractivity (Wildman–Crippen MR) is 116 cm³/mol. The molecule has 1 saturated heterocycles. The zero-order valence-electron chi connectivity index (χ0n) is 17.4. The van der Waals surface area contributed by atoms with Gasteiger partial charge in [0.2, 0.25) is 15.9 Å². The van der Waals surface area contributed by atoms with E-state index in [1.807, 2.05) is 38.1 Å². The molecule has 1 aliphatic rings. The Morgan fingerprint density at radius 3 is 2.45 bits per heavy atom. The zero-order chi connectivity index (χ0) is 22.0. The van der Waals surface area contributed by atoms with Crippen molar-refractivity contribution in [3.8, 4) is 11.5 Å². The van der Waals surface area contributed by atoms with E-state index in [9.17, 15) is 13.2 Å². The highest BCUT2D eigenvalue weighted by atomic mass is 32.2. The van der Waals surface area contributed by atoms with E-state index in [2.05, 4.69) is 15.5 Å². The van der Waals surface area contributed by atoms with Crippen LogP contribution in [0.5, 0.6) is 0 Å². The highest BCUT2D eigenvalue weighted by Gasteiger charge is 2.31. The summed E-state index contributed by atoms with van der Waals surface area (Å²) in [5.74, 6) is -0.165. The van der Waals surface area contributed by atoms with Crippen molar-refractivity contribution < 1.29 is 17.6 Å². The Morgan fingerprint density at radius 2 is 1.77 bits per heavy atom. The fraction of sp³-hybridized carbons (Fsp3) is 0.318. The van der Waals surface area contributed by atoms with Crippen LogP contribution in [0.2, 0.25) is 0 Å². The predicted octanol–water partition coefficient (Wildman–Crippen LogP) is 3.86. The number of aryl methyl sites for hydroxylation is 1. The molecule has 1 aromatic heterocycles. The molecule has 2 heterocycles. The maximum absolute atomic E-state index is 12.9. The molecular weight excluding hydrogens is 416 g/mol. The maximum Gasteiger partial charge on any atom is 0.322 e. The molecule has 1 fully saturated rings. The van der Waals surface area contributed by atoms with E-state index in [1.54, 1.807) is 0 Å². The number of carbonyl (C=O) groups is 1. The number of hydrogen-bond acceptors (Lipinski definition) is 6. The second-order valence-corrected chi connectivity index (χ2v) is 9.61. The van der Waals surface area contributed by atoms with Crippen molar-refractivity contribution >= 4 is 21.9 Å². The van der Waals surface area contributed by atoms with Crippen LogP contribution < -0.4 is 5.32 Å². The molecule has 0 aliphatic carbocycles. The van der Waals surface area contributed by atoms with Gasteiger partial charge in [0.15, 0.2) is 0 Å². The lowest BCUT2D eigenvalue weighted by molar-refractivity contribution is 0.102. The topological polar surface area (TPSA) is 105 Å². The Morgan fingerprint density at radius 1 is 1.06 bits per heavy atom. The lowest BCUT2D eigenvalue weighted by Gasteiger charge is -2.32. The Labute approximate surface area is 181 Å². The van der Waals surface area contributed by atoms with Gasteiger partial charge in [0.1, 0.15) is 0 Å². The number of hydrogen-bond donors (Lipinski definition) is 1. The summed E-state index contributed by atoms with van der Waals surface area (Å²) < 4.78 is 32.9. The summed E-state index contributed by atoms with van der Waals surface area (Å²) in [5, 5.41) is 10.4. The van der Waals surface area contributed by atoms with Crippen LogP contribution in [0, 0.1) is 6.92 Å². The first kappa shape index (κ1) is 21.2. The molecule has 0 bridgehead atoms. The van der Waals surface area contributed by atoms with E-state index in [-0.39, 0.29) is 17.0 Å². The van der Waals surface area contributed by atoms with Crippen molar-refractivity contribution in [1.29, 1.82) is 0 Å². The summed E-state index contributed by atoms with van der Waals surface area (Å²) in [4.78, 5) is 12.7. The molecule has 2 aromatic carbocycles. The number of nitrogens with one attached hydrogen (secondary N) is 1. The average Bonchev–Trinajstić information content (AvgIpc) is 3.23. The van der Waals surface area contributed by atoms with Crippen molar-refractivity contribution in [3.63, 3.8) is 0 Å². The lowest BCUT2D eigenvalue weighted by Crippen LogP contribution is -2.41. The fourth-order valence-electron chi connectivity index (χ4n) is 3.60. The zero-order valence-corrected chi connectivity index (χ0v) is 18.2. The molecule has 1 unspecified atom stereocenters. The summed E-state index contributed by atoms with van der Waals surface area (Å²) in [6.07, 6.45) is 2.75. The third kappa shape index (κ3) is 4.52. The van der Waals surface area contributed by atoms with Crippen LogP contribution in [-0.2, 0) is 10.0 Å². The van der Waals surface area contributed by atoms with Crippen LogP contribution in [0.1, 0.15) is 42.1 Å². The monoisotopic (exact) mass is 440 g/mol. The molecule has 162 valence electrons. The van der Waals surface area contributed by atoms with E-state index >= 15 is 0 Å². The number of nitrogens with zero attached hydrogens (tertiary/aromatic N) is 3. The molecule has 1 N–H and O–H groups in total. The maximum atomic E-state index is 12.9. The quantitative estimate of drug-likeness (QED) is 0.646. The molecule has 1 aliphatic heterocycles. The number of carbonyl (C=O) groups excluding carboxylic acids is 1. The first-order valence-electron chi connectivity index (χ1n) is 10.2. The summed E-state index contributed by atoms with van der Waals surface area (Å²) in [6.45, 7) is 4.42. The highest BCUT2D eigenvalue weighted by Crippen LogP contribution is 2.25. The first-order chi connectivity index (χ1) is 14.8. The number of sulfonamides is 1. The van der Waals surface area contributed by atoms with E-state index in [4.69, 9.17) is 4.42 Å². The number of rotatable bonds is 5. The van der Waals surface area contributed by atoms with E-state index in [1.165, 1.54) is 28.6 Å². The number of benzene rings is 2. The average molecular weight is 441 g/mol. The lowest BCUT2D eigenvalue weighted by atomic mass is 10.1. The molecule has 31 heavy (non-hydrogen) atoms. The van der Waals surface area contributed by atoms with Crippen molar-refractivity contribution in [2.24, 2.45) is 0 Å². The van der Waals surface area contributed by atoms with Gasteiger partial charge in [0.05, 0.1) is 4.90 Å². The van der Waals surface area contributed by atoms with Gasteiger partial charge in [-0.05, 0) is 63.1 Å². The Hall–Kier alpha value is -3.04. The second-order valence-electron chi connectivity index (χ2n) is 7.72. The summed E-state index contributed by atoms with van der Waals surface area (Å²) in [5.41, 5.74) is 2.15. The third-order valence-electron chi connectivity index (χ3n) is 5.41. The van der Waals surface area contributed by atoms with Crippen LogP contribution in [0.3, 0.4) is 0 Å². The summed E-state index contributed by atoms with van der Waals surface area (Å²) in [6, 6.07) is 13.4. The fourth-order valence-corrected chi connectivity index (χ4v) is 5.30. The minimum Gasteiger partial charge on any atom is -0.403 e. The van der Waals surface area contributed by atoms with E-state index < -0.39 is 15.9 Å². The molecule has 0 spiro atoms. The normalized spacial score (nSPS) is 17.4. The van der Waals surface area contributed by atoms with Crippen LogP contribution in [0.15, 0.2) is 57.8 Å². The van der Waals surface area contributed by atoms with Gasteiger partial charge in [-0.1, -0.05) is 29.2 Å². The largest absolute Gasteiger partial charge is 0.403 e. The number of amides is 1. The first-order valence-corrected chi connectivity index (χ1v) is 11.6. The van der Waals surface area contributed by atoms with Crippen molar-refractivity contribution in [2.45, 2.75) is 44.0 Å². The molecule has 4 rings (SSSR count). The van der Waals surface area contributed by atoms with Crippen molar-refractivity contribution in [2.75, 3.05) is 11.9 Å². The minimum absolute atomic E-state index is 0.0259. The van der Waals surface area contributed by atoms with Gasteiger partial charge >= 0.3 is 6.01 Å². The van der Waals surface area contributed by atoms with Gasteiger partial charge in [0, 0.05) is 23.7 Å². The second kappa shape index (κ2) is 8.60. The molecule has 1 amide bonds. The van der Waals surface area contributed by atoms with E-state index in [0.717, 1.165) is 30.4 Å². The number of piperidine rings is 1. The van der Waals surface area contributed by atoms with Crippen molar-refractivity contribution in [3.05, 3.63) is 59.7 Å². The molecule has 3 aromatic rings. The standard InChI is InChI=1S/C22H24N4O4S/c1-15-6-8-18(9-7-15)21-24-25-22(30-21)23-20(27)17-10-12-19(13-11-17)31(28,29)26-14-4-3-5-16(26)2/h6-13,16H,3-5,14H2,1-2H3,(H,23,25,27). The van der Waals surface area contributed by atoms with Crippen LogP contribution >= 0.6 is 0 Å². The highest BCUT2D eigenvalue weighted by molar-refractivity contribution is 7.89. The Balaban J connectivity index is 1.46.